The predicted molar refractivity (Wildman–Crippen MR) is 65.1 cm³/mol. The van der Waals surface area contributed by atoms with Crippen LogP contribution in [0.25, 0.3) is 0 Å². The van der Waals surface area contributed by atoms with Gasteiger partial charge in [-0.2, -0.15) is 0 Å². The second-order valence-corrected chi connectivity index (χ2v) is 4.75. The summed E-state index contributed by atoms with van der Waals surface area (Å²) in [6.45, 7) is 2.47. The lowest BCUT2D eigenvalue weighted by Gasteiger charge is -2.21. The number of hydrogen-bond donors (Lipinski definition) is 4. The van der Waals surface area contributed by atoms with E-state index in [4.69, 9.17) is 10.8 Å². The van der Waals surface area contributed by atoms with Crippen molar-refractivity contribution in [2.75, 3.05) is 13.1 Å². The summed E-state index contributed by atoms with van der Waals surface area (Å²) >= 11 is 0. The van der Waals surface area contributed by atoms with Gasteiger partial charge in [0, 0.05) is 19.0 Å². The van der Waals surface area contributed by atoms with Crippen molar-refractivity contribution in [2.24, 2.45) is 11.7 Å². The smallest absolute Gasteiger partial charge is 0.326 e. The molecule has 3 amide bonds. The molecule has 19 heavy (non-hydrogen) atoms. The van der Waals surface area contributed by atoms with Gasteiger partial charge in [0.05, 0.1) is 12.5 Å². The lowest BCUT2D eigenvalue weighted by Crippen LogP contribution is -2.48. The van der Waals surface area contributed by atoms with Gasteiger partial charge >= 0.3 is 12.0 Å². The Morgan fingerprint density at radius 3 is 2.53 bits per heavy atom. The molecule has 0 bridgehead atoms. The topological polar surface area (TPSA) is 133 Å². The minimum absolute atomic E-state index is 0.00910. The Labute approximate surface area is 110 Å². The van der Waals surface area contributed by atoms with E-state index in [-0.39, 0.29) is 5.92 Å². The van der Waals surface area contributed by atoms with Crippen LogP contribution in [0.2, 0.25) is 0 Å². The van der Waals surface area contributed by atoms with Crippen molar-refractivity contribution in [2.45, 2.75) is 31.9 Å². The quantitative estimate of drug-likeness (QED) is 0.495. The van der Waals surface area contributed by atoms with Crippen molar-refractivity contribution in [1.29, 1.82) is 0 Å². The highest BCUT2D eigenvalue weighted by atomic mass is 16.4. The van der Waals surface area contributed by atoms with Crippen molar-refractivity contribution in [1.82, 2.24) is 10.2 Å². The van der Waals surface area contributed by atoms with Gasteiger partial charge in [0.1, 0.15) is 6.04 Å². The molecule has 1 saturated heterocycles. The average Bonchev–Trinajstić information content (AvgIpc) is 2.76. The number of aliphatic carboxylic acids is 1. The van der Waals surface area contributed by atoms with Gasteiger partial charge in [0.2, 0.25) is 5.91 Å². The molecule has 3 atom stereocenters. The number of likely N-dealkylation sites (tertiary alicyclic amines) is 1. The van der Waals surface area contributed by atoms with Gasteiger partial charge in [-0.15, -0.1) is 0 Å². The normalized spacial score (nSPS) is 21.8. The van der Waals surface area contributed by atoms with Gasteiger partial charge in [-0.1, -0.05) is 0 Å². The van der Waals surface area contributed by atoms with E-state index < -0.39 is 36.5 Å². The standard InChI is InChI=1S/C11H19N3O5/c1-6(15)7-2-3-14(5-7)11(19)13-8(10(17)18)4-9(12)16/h6-8,15H,2-5H2,1H3,(H2,12,16)(H,13,19)(H,17,18). The summed E-state index contributed by atoms with van der Waals surface area (Å²) < 4.78 is 0. The number of carboxylic acid groups (broad SMARTS) is 1. The molecule has 1 aliphatic rings. The van der Waals surface area contributed by atoms with E-state index in [9.17, 15) is 19.5 Å². The molecule has 0 aromatic carbocycles. The van der Waals surface area contributed by atoms with Gasteiger partial charge < -0.3 is 26.2 Å². The Kier molecular flexibility index (Phi) is 5.11. The third kappa shape index (κ3) is 4.40. The molecule has 0 spiro atoms. The number of amides is 3. The first-order valence-electron chi connectivity index (χ1n) is 6.06. The van der Waals surface area contributed by atoms with Crippen LogP contribution in [0.1, 0.15) is 19.8 Å². The Bertz CT molecular complexity index is 371. The number of urea groups is 1. The molecule has 0 saturated carbocycles. The summed E-state index contributed by atoms with van der Waals surface area (Å²) in [5, 5.41) is 20.6. The second kappa shape index (κ2) is 6.37. The molecule has 8 heteroatoms. The van der Waals surface area contributed by atoms with Gasteiger partial charge in [0.15, 0.2) is 0 Å². The minimum Gasteiger partial charge on any atom is -0.480 e. The number of hydrogen-bond acceptors (Lipinski definition) is 4. The van der Waals surface area contributed by atoms with Crippen molar-refractivity contribution >= 4 is 17.9 Å². The summed E-state index contributed by atoms with van der Waals surface area (Å²) in [6.07, 6.45) is -0.299. The second-order valence-electron chi connectivity index (χ2n) is 4.75. The molecule has 108 valence electrons. The molecule has 0 aromatic heterocycles. The van der Waals surface area contributed by atoms with Crippen molar-refractivity contribution < 1.29 is 24.6 Å². The van der Waals surface area contributed by atoms with E-state index in [2.05, 4.69) is 5.32 Å². The maximum atomic E-state index is 11.8. The molecule has 0 aliphatic carbocycles. The predicted octanol–water partition coefficient (Wildman–Crippen LogP) is -1.27. The maximum absolute atomic E-state index is 11.8. The zero-order valence-electron chi connectivity index (χ0n) is 10.7. The third-order valence-electron chi connectivity index (χ3n) is 3.20. The zero-order chi connectivity index (χ0) is 14.6. The molecule has 8 nitrogen and oxygen atoms in total. The SMILES string of the molecule is CC(O)C1CCN(C(=O)NC(CC(N)=O)C(=O)O)C1. The molecule has 3 unspecified atom stereocenters. The van der Waals surface area contributed by atoms with Crippen molar-refractivity contribution in [3.8, 4) is 0 Å². The lowest BCUT2D eigenvalue weighted by atomic mass is 10.0. The number of rotatable bonds is 5. The van der Waals surface area contributed by atoms with Crippen molar-refractivity contribution in [3.05, 3.63) is 0 Å². The number of aliphatic hydroxyl groups is 1. The van der Waals surface area contributed by atoms with Crippen LogP contribution < -0.4 is 11.1 Å². The Morgan fingerprint density at radius 1 is 1.47 bits per heavy atom. The first kappa shape index (κ1) is 15.2. The highest BCUT2D eigenvalue weighted by molar-refractivity contribution is 5.87. The first-order chi connectivity index (χ1) is 8.81. The molecule has 1 fully saturated rings. The molecule has 1 aliphatic heterocycles. The van der Waals surface area contributed by atoms with E-state index in [1.165, 1.54) is 4.90 Å². The van der Waals surface area contributed by atoms with Gasteiger partial charge in [-0.3, -0.25) is 4.79 Å². The van der Waals surface area contributed by atoms with Gasteiger partial charge in [-0.25, -0.2) is 9.59 Å². The number of primary amides is 1. The van der Waals surface area contributed by atoms with Gasteiger partial charge in [-0.05, 0) is 13.3 Å². The summed E-state index contributed by atoms with van der Waals surface area (Å²) in [5.74, 6) is -2.11. The van der Waals surface area contributed by atoms with Crippen LogP contribution in [-0.4, -0.2) is 58.3 Å². The maximum Gasteiger partial charge on any atom is 0.326 e. The summed E-state index contributed by atoms with van der Waals surface area (Å²) in [7, 11) is 0. The fourth-order valence-electron chi connectivity index (χ4n) is 2.01. The Hall–Kier alpha value is -1.83. The molecule has 0 radical (unpaired) electrons. The highest BCUT2D eigenvalue weighted by Crippen LogP contribution is 2.19. The average molecular weight is 273 g/mol. The molecular formula is C11H19N3O5. The van der Waals surface area contributed by atoms with Crippen molar-refractivity contribution in [3.63, 3.8) is 0 Å². The van der Waals surface area contributed by atoms with E-state index in [0.717, 1.165) is 0 Å². The van der Waals surface area contributed by atoms with E-state index >= 15 is 0 Å². The zero-order valence-corrected chi connectivity index (χ0v) is 10.7. The van der Waals surface area contributed by atoms with Crippen LogP contribution >= 0.6 is 0 Å². The Morgan fingerprint density at radius 2 is 2.11 bits per heavy atom. The molecule has 0 aromatic rings. The minimum atomic E-state index is -1.32. The van der Waals surface area contributed by atoms with Crippen LogP contribution in [0.15, 0.2) is 0 Å². The van der Waals surface area contributed by atoms with Gasteiger partial charge in [0.25, 0.3) is 0 Å². The summed E-state index contributed by atoms with van der Waals surface area (Å²) in [4.78, 5) is 34.8. The highest BCUT2D eigenvalue weighted by Gasteiger charge is 2.31. The van der Waals surface area contributed by atoms with E-state index in [0.29, 0.717) is 19.5 Å². The summed E-state index contributed by atoms with van der Waals surface area (Å²) in [5.41, 5.74) is 4.92. The molecule has 5 N–H and O–H groups in total. The molecule has 1 rings (SSSR count). The number of carboxylic acids is 1. The van der Waals surface area contributed by atoms with Crippen LogP contribution in [-0.2, 0) is 9.59 Å². The monoisotopic (exact) mass is 273 g/mol. The lowest BCUT2D eigenvalue weighted by molar-refractivity contribution is -0.140. The molecular weight excluding hydrogens is 254 g/mol. The van der Waals surface area contributed by atoms with Crippen LogP contribution in [0, 0.1) is 5.92 Å². The van der Waals surface area contributed by atoms with E-state index in [1.807, 2.05) is 0 Å². The number of aliphatic hydroxyl groups excluding tert-OH is 1. The molecule has 1 heterocycles. The fraction of sp³-hybridized carbons (Fsp3) is 0.727. The summed E-state index contributed by atoms with van der Waals surface area (Å²) in [6, 6.07) is -1.88. The van der Waals surface area contributed by atoms with E-state index in [1.54, 1.807) is 6.92 Å². The number of nitrogens with zero attached hydrogens (tertiary/aromatic N) is 1. The largest absolute Gasteiger partial charge is 0.480 e. The van der Waals surface area contributed by atoms with Crippen LogP contribution in [0.4, 0.5) is 4.79 Å². The van der Waals surface area contributed by atoms with Crippen LogP contribution in [0.3, 0.4) is 0 Å². The fourth-order valence-corrected chi connectivity index (χ4v) is 2.01. The first-order valence-corrected chi connectivity index (χ1v) is 6.06. The van der Waals surface area contributed by atoms with Crippen LogP contribution in [0.5, 0.6) is 0 Å². The number of nitrogens with one attached hydrogen (secondary N) is 1. The Balaban J connectivity index is 2.54. The third-order valence-corrected chi connectivity index (χ3v) is 3.20. The number of carbonyl (C=O) groups is 3. The number of nitrogens with two attached hydrogens (primary N) is 1. The number of carbonyl (C=O) groups excluding carboxylic acids is 2.